The molecule has 17 heavy (non-hydrogen) atoms. The summed E-state index contributed by atoms with van der Waals surface area (Å²) in [5, 5.41) is 0. The summed E-state index contributed by atoms with van der Waals surface area (Å²) in [5.41, 5.74) is -0.152. The van der Waals surface area contributed by atoms with Crippen LogP contribution in [0.25, 0.3) is 0 Å². The van der Waals surface area contributed by atoms with Crippen LogP contribution in [0.4, 0.5) is 17.6 Å². The third-order valence-electron chi connectivity index (χ3n) is 2.32. The van der Waals surface area contributed by atoms with Crippen molar-refractivity contribution in [1.29, 1.82) is 0 Å². The molecule has 0 fully saturated rings. The highest BCUT2D eigenvalue weighted by Crippen LogP contribution is 2.37. The van der Waals surface area contributed by atoms with Gasteiger partial charge in [0.1, 0.15) is 6.04 Å². The fourth-order valence-electron chi connectivity index (χ4n) is 1.63. The third kappa shape index (κ3) is 3.09. The van der Waals surface area contributed by atoms with Crippen LogP contribution in [0, 0.1) is 5.82 Å². The summed E-state index contributed by atoms with van der Waals surface area (Å²) in [4.78, 5) is 0.987. The Morgan fingerprint density at radius 2 is 1.82 bits per heavy atom. The lowest BCUT2D eigenvalue weighted by Gasteiger charge is -2.27. The van der Waals surface area contributed by atoms with Crippen molar-refractivity contribution < 1.29 is 22.3 Å². The quantitative estimate of drug-likeness (QED) is 0.766. The molecule has 1 aromatic carbocycles. The molecule has 96 valence electrons. The van der Waals surface area contributed by atoms with Gasteiger partial charge in [-0.25, -0.2) is 4.39 Å². The van der Waals surface area contributed by atoms with Crippen LogP contribution in [0.5, 0.6) is 5.75 Å². The molecule has 6 heteroatoms. The van der Waals surface area contributed by atoms with E-state index in [1.54, 1.807) is 0 Å². The Hall–Kier alpha value is -1.30. The third-order valence-corrected chi connectivity index (χ3v) is 2.32. The zero-order chi connectivity index (χ0) is 13.2. The van der Waals surface area contributed by atoms with Crippen molar-refractivity contribution in [3.8, 4) is 5.75 Å². The van der Waals surface area contributed by atoms with Crippen LogP contribution in [0.3, 0.4) is 0 Å². The molecule has 0 amide bonds. The lowest BCUT2D eigenvalue weighted by Crippen LogP contribution is -2.33. The van der Waals surface area contributed by atoms with E-state index < -0.39 is 18.0 Å². The largest absolute Gasteiger partial charge is 0.494 e. The Labute approximate surface area is 96.8 Å². The summed E-state index contributed by atoms with van der Waals surface area (Å²) in [6.45, 7) is 0. The van der Waals surface area contributed by atoms with E-state index >= 15 is 0 Å². The molecule has 0 heterocycles. The smallest absolute Gasteiger partial charge is 0.408 e. The topological polar surface area (TPSA) is 12.5 Å². The van der Waals surface area contributed by atoms with Crippen LogP contribution in [-0.2, 0) is 0 Å². The molecular formula is C11H13F4NO. The summed E-state index contributed by atoms with van der Waals surface area (Å²) in [5.74, 6) is -0.880. The summed E-state index contributed by atoms with van der Waals surface area (Å²) in [6, 6.07) is 1.41. The summed E-state index contributed by atoms with van der Waals surface area (Å²) >= 11 is 0. The Morgan fingerprint density at radius 3 is 2.18 bits per heavy atom. The van der Waals surface area contributed by atoms with E-state index in [0.717, 1.165) is 11.0 Å². The molecule has 0 N–H and O–H groups in total. The van der Waals surface area contributed by atoms with Crippen LogP contribution >= 0.6 is 0 Å². The van der Waals surface area contributed by atoms with E-state index in [2.05, 4.69) is 4.74 Å². The van der Waals surface area contributed by atoms with Crippen LogP contribution in [0.1, 0.15) is 11.6 Å². The monoisotopic (exact) mass is 251 g/mol. The van der Waals surface area contributed by atoms with Gasteiger partial charge < -0.3 is 4.74 Å². The lowest BCUT2D eigenvalue weighted by atomic mass is 10.1. The molecule has 0 spiro atoms. The SMILES string of the molecule is COc1ccc(C(N(C)C)C(F)(F)F)cc1F. The average Bonchev–Trinajstić information content (AvgIpc) is 2.15. The number of ether oxygens (including phenoxy) is 1. The molecule has 1 atom stereocenters. The van der Waals surface area contributed by atoms with E-state index in [9.17, 15) is 17.6 Å². The Bertz CT molecular complexity index is 390. The first kappa shape index (κ1) is 13.8. The normalized spacial score (nSPS) is 13.9. The van der Waals surface area contributed by atoms with Gasteiger partial charge in [-0.1, -0.05) is 6.07 Å². The van der Waals surface area contributed by atoms with Gasteiger partial charge in [-0.05, 0) is 31.8 Å². The first-order valence-corrected chi connectivity index (χ1v) is 4.84. The zero-order valence-electron chi connectivity index (χ0n) is 9.68. The predicted molar refractivity (Wildman–Crippen MR) is 55.4 cm³/mol. The molecule has 0 aliphatic heterocycles. The number of halogens is 4. The number of hydrogen-bond acceptors (Lipinski definition) is 2. The van der Waals surface area contributed by atoms with Gasteiger partial charge >= 0.3 is 6.18 Å². The van der Waals surface area contributed by atoms with Gasteiger partial charge in [-0.2, -0.15) is 13.2 Å². The van der Waals surface area contributed by atoms with Crippen molar-refractivity contribution >= 4 is 0 Å². The second-order valence-electron chi connectivity index (χ2n) is 3.80. The van der Waals surface area contributed by atoms with Crippen LogP contribution in [-0.4, -0.2) is 32.3 Å². The lowest BCUT2D eigenvalue weighted by molar-refractivity contribution is -0.179. The van der Waals surface area contributed by atoms with Gasteiger partial charge in [0.05, 0.1) is 7.11 Å². The highest BCUT2D eigenvalue weighted by Gasteiger charge is 2.42. The minimum atomic E-state index is -4.45. The van der Waals surface area contributed by atoms with Crippen LogP contribution < -0.4 is 4.74 Å². The Balaban J connectivity index is 3.17. The molecule has 0 aliphatic carbocycles. The number of methoxy groups -OCH3 is 1. The first-order chi connectivity index (χ1) is 7.77. The molecule has 1 aromatic rings. The molecule has 0 bridgehead atoms. The van der Waals surface area contributed by atoms with Crippen molar-refractivity contribution in [2.45, 2.75) is 12.2 Å². The van der Waals surface area contributed by atoms with Gasteiger partial charge in [0.15, 0.2) is 11.6 Å². The number of rotatable bonds is 3. The molecule has 1 unspecified atom stereocenters. The number of hydrogen-bond donors (Lipinski definition) is 0. The maximum absolute atomic E-state index is 13.4. The van der Waals surface area contributed by atoms with E-state index in [0.29, 0.717) is 0 Å². The maximum Gasteiger partial charge on any atom is 0.408 e. The van der Waals surface area contributed by atoms with Crippen molar-refractivity contribution in [2.24, 2.45) is 0 Å². The second-order valence-corrected chi connectivity index (χ2v) is 3.80. The highest BCUT2D eigenvalue weighted by atomic mass is 19.4. The minimum Gasteiger partial charge on any atom is -0.494 e. The highest BCUT2D eigenvalue weighted by molar-refractivity contribution is 5.31. The summed E-state index contributed by atoms with van der Waals surface area (Å²) in [6.07, 6.45) is -4.45. The summed E-state index contributed by atoms with van der Waals surface area (Å²) in [7, 11) is 3.84. The molecule has 0 radical (unpaired) electrons. The molecule has 2 nitrogen and oxygen atoms in total. The predicted octanol–water partition coefficient (Wildman–Crippen LogP) is 3.00. The van der Waals surface area contributed by atoms with E-state index in [1.165, 1.54) is 33.3 Å². The number of alkyl halides is 3. The van der Waals surface area contributed by atoms with Gasteiger partial charge in [-0.15, -0.1) is 0 Å². The number of benzene rings is 1. The standard InChI is InChI=1S/C11H13F4NO/c1-16(2)10(11(13,14)15)7-4-5-9(17-3)8(12)6-7/h4-6,10H,1-3H3. The van der Waals surface area contributed by atoms with Crippen molar-refractivity contribution in [2.75, 3.05) is 21.2 Å². The molecular weight excluding hydrogens is 238 g/mol. The second kappa shape index (κ2) is 4.91. The zero-order valence-corrected chi connectivity index (χ0v) is 9.68. The fraction of sp³-hybridized carbons (Fsp3) is 0.455. The molecule has 0 aliphatic rings. The maximum atomic E-state index is 13.4. The van der Waals surface area contributed by atoms with Gasteiger partial charge in [0.25, 0.3) is 0 Å². The van der Waals surface area contributed by atoms with E-state index in [-0.39, 0.29) is 11.3 Å². The van der Waals surface area contributed by atoms with Crippen LogP contribution in [0.2, 0.25) is 0 Å². The molecule has 0 saturated carbocycles. The van der Waals surface area contributed by atoms with E-state index in [4.69, 9.17) is 0 Å². The Morgan fingerprint density at radius 1 is 1.24 bits per heavy atom. The first-order valence-electron chi connectivity index (χ1n) is 4.84. The number of nitrogens with zero attached hydrogens (tertiary/aromatic N) is 1. The van der Waals surface area contributed by atoms with Crippen molar-refractivity contribution in [3.05, 3.63) is 29.6 Å². The van der Waals surface area contributed by atoms with Gasteiger partial charge in [0.2, 0.25) is 0 Å². The van der Waals surface area contributed by atoms with Crippen LogP contribution in [0.15, 0.2) is 18.2 Å². The molecule has 0 aromatic heterocycles. The molecule has 0 saturated heterocycles. The Kier molecular flexibility index (Phi) is 3.98. The summed E-state index contributed by atoms with van der Waals surface area (Å²) < 4.78 is 56.3. The van der Waals surface area contributed by atoms with E-state index in [1.807, 2.05) is 0 Å². The minimum absolute atomic E-state index is 0.0755. The van der Waals surface area contributed by atoms with Crippen molar-refractivity contribution in [3.63, 3.8) is 0 Å². The van der Waals surface area contributed by atoms with Gasteiger partial charge in [0, 0.05) is 0 Å². The van der Waals surface area contributed by atoms with Crippen molar-refractivity contribution in [1.82, 2.24) is 4.90 Å². The van der Waals surface area contributed by atoms with Gasteiger partial charge in [-0.3, -0.25) is 4.90 Å². The molecule has 1 rings (SSSR count). The fourth-order valence-corrected chi connectivity index (χ4v) is 1.63. The average molecular weight is 251 g/mol.